The second-order valence-electron chi connectivity index (χ2n) is 3.54. The molecule has 0 aromatic carbocycles. The molecule has 1 aromatic rings. The number of ether oxygens (including phenoxy) is 1. The Kier molecular flexibility index (Phi) is 4.48. The first-order chi connectivity index (χ1) is 7.90. The van der Waals surface area contributed by atoms with Gasteiger partial charge < -0.3 is 4.74 Å². The molecule has 0 aliphatic carbocycles. The maximum Gasteiger partial charge on any atom is 0.389 e. The Labute approximate surface area is 96.6 Å². The number of hydrogen-bond donors (Lipinski definition) is 0. The van der Waals surface area contributed by atoms with E-state index >= 15 is 0 Å². The lowest BCUT2D eigenvalue weighted by Crippen LogP contribution is -2.12. The molecule has 0 fully saturated rings. The average Bonchev–Trinajstić information content (AvgIpc) is 2.27. The highest BCUT2D eigenvalue weighted by atomic mass is 19.4. The van der Waals surface area contributed by atoms with Crippen LogP contribution < -0.4 is 4.74 Å². The molecule has 0 radical (unpaired) electrons. The van der Waals surface area contributed by atoms with E-state index < -0.39 is 24.8 Å². The predicted octanol–water partition coefficient (Wildman–Crippen LogP) is 2.54. The van der Waals surface area contributed by atoms with Gasteiger partial charge in [0.2, 0.25) is 5.88 Å². The Morgan fingerprint density at radius 1 is 1.41 bits per heavy atom. The van der Waals surface area contributed by atoms with Gasteiger partial charge in [-0.2, -0.15) is 13.2 Å². The van der Waals surface area contributed by atoms with E-state index in [4.69, 9.17) is 4.74 Å². The SMILES string of the molecule is COc1ccc(CC(=O)CCC(F)(F)F)cn1. The quantitative estimate of drug-likeness (QED) is 0.802. The molecule has 3 nitrogen and oxygen atoms in total. The lowest BCUT2D eigenvalue weighted by Gasteiger charge is -2.05. The van der Waals surface area contributed by atoms with Crippen LogP contribution >= 0.6 is 0 Å². The normalized spacial score (nSPS) is 11.3. The van der Waals surface area contributed by atoms with Gasteiger partial charge in [0.05, 0.1) is 13.5 Å². The van der Waals surface area contributed by atoms with Gasteiger partial charge in [0, 0.05) is 25.1 Å². The second-order valence-corrected chi connectivity index (χ2v) is 3.54. The fraction of sp³-hybridized carbons (Fsp3) is 0.455. The van der Waals surface area contributed by atoms with Crippen LogP contribution in [0.25, 0.3) is 0 Å². The zero-order chi connectivity index (χ0) is 12.9. The molecule has 0 amide bonds. The molecule has 0 spiro atoms. The lowest BCUT2D eigenvalue weighted by molar-refractivity contribution is -0.143. The van der Waals surface area contributed by atoms with E-state index in [0.717, 1.165) is 0 Å². The van der Waals surface area contributed by atoms with Crippen LogP contribution in [-0.2, 0) is 11.2 Å². The molecule has 0 unspecified atom stereocenters. The summed E-state index contributed by atoms with van der Waals surface area (Å²) in [5.41, 5.74) is 0.581. The van der Waals surface area contributed by atoms with Crippen molar-refractivity contribution in [2.24, 2.45) is 0 Å². The summed E-state index contributed by atoms with van der Waals surface area (Å²) in [4.78, 5) is 15.1. The van der Waals surface area contributed by atoms with E-state index in [1.165, 1.54) is 13.3 Å². The first-order valence-electron chi connectivity index (χ1n) is 4.98. The predicted molar refractivity (Wildman–Crippen MR) is 54.8 cm³/mol. The third-order valence-electron chi connectivity index (χ3n) is 2.10. The van der Waals surface area contributed by atoms with E-state index in [-0.39, 0.29) is 6.42 Å². The minimum atomic E-state index is -4.28. The van der Waals surface area contributed by atoms with Crippen molar-refractivity contribution in [2.45, 2.75) is 25.4 Å². The van der Waals surface area contributed by atoms with Crippen molar-refractivity contribution >= 4 is 5.78 Å². The van der Waals surface area contributed by atoms with Gasteiger partial charge in [0.25, 0.3) is 0 Å². The Morgan fingerprint density at radius 3 is 2.59 bits per heavy atom. The van der Waals surface area contributed by atoms with E-state index in [1.54, 1.807) is 12.1 Å². The number of methoxy groups -OCH3 is 1. The van der Waals surface area contributed by atoms with Crippen LogP contribution in [0.1, 0.15) is 18.4 Å². The van der Waals surface area contributed by atoms with E-state index in [1.807, 2.05) is 0 Å². The maximum absolute atomic E-state index is 11.9. The lowest BCUT2D eigenvalue weighted by atomic mass is 10.1. The van der Waals surface area contributed by atoms with Gasteiger partial charge in [-0.15, -0.1) is 0 Å². The largest absolute Gasteiger partial charge is 0.481 e. The summed E-state index contributed by atoms with van der Waals surface area (Å²) >= 11 is 0. The van der Waals surface area contributed by atoms with Crippen LogP contribution in [0.4, 0.5) is 13.2 Å². The van der Waals surface area contributed by atoms with Gasteiger partial charge in [-0.25, -0.2) is 4.98 Å². The fourth-order valence-electron chi connectivity index (χ4n) is 1.23. The molecule has 0 N–H and O–H groups in total. The Balaban J connectivity index is 2.45. The number of carbonyl (C=O) groups is 1. The summed E-state index contributed by atoms with van der Waals surface area (Å²) in [6, 6.07) is 3.17. The van der Waals surface area contributed by atoms with Crippen LogP contribution in [0, 0.1) is 0 Å². The first-order valence-corrected chi connectivity index (χ1v) is 4.98. The number of pyridine rings is 1. The first kappa shape index (κ1) is 13.5. The van der Waals surface area contributed by atoms with Crippen molar-refractivity contribution in [2.75, 3.05) is 7.11 Å². The molecule has 6 heteroatoms. The minimum Gasteiger partial charge on any atom is -0.481 e. The third kappa shape index (κ3) is 5.33. The molecule has 1 heterocycles. The number of Topliss-reactive ketones (excluding diaryl/α,β-unsaturated/α-hetero) is 1. The van der Waals surface area contributed by atoms with Gasteiger partial charge in [-0.1, -0.05) is 6.07 Å². The smallest absolute Gasteiger partial charge is 0.389 e. The number of hydrogen-bond acceptors (Lipinski definition) is 3. The molecule has 0 aliphatic rings. The molecular formula is C11H12F3NO2. The fourth-order valence-corrected chi connectivity index (χ4v) is 1.23. The van der Waals surface area contributed by atoms with Crippen LogP contribution in [0.2, 0.25) is 0 Å². The van der Waals surface area contributed by atoms with E-state index in [2.05, 4.69) is 4.98 Å². The number of halogens is 3. The van der Waals surface area contributed by atoms with Gasteiger partial charge in [-0.3, -0.25) is 4.79 Å². The molecule has 0 aliphatic heterocycles. The number of carbonyl (C=O) groups excluding carboxylic acids is 1. The van der Waals surface area contributed by atoms with E-state index in [9.17, 15) is 18.0 Å². The Bertz CT molecular complexity index is 373. The monoisotopic (exact) mass is 247 g/mol. The van der Waals surface area contributed by atoms with Crippen LogP contribution in [0.3, 0.4) is 0 Å². The highest BCUT2D eigenvalue weighted by molar-refractivity contribution is 5.80. The molecule has 0 saturated carbocycles. The molecule has 1 aromatic heterocycles. The number of aromatic nitrogens is 1. The minimum absolute atomic E-state index is 0.0346. The molecule has 0 atom stereocenters. The Morgan fingerprint density at radius 2 is 2.12 bits per heavy atom. The maximum atomic E-state index is 11.9. The number of rotatable bonds is 5. The average molecular weight is 247 g/mol. The van der Waals surface area contributed by atoms with Crippen LogP contribution in [0.5, 0.6) is 5.88 Å². The summed E-state index contributed by atoms with van der Waals surface area (Å²) in [7, 11) is 1.45. The standard InChI is InChI=1S/C11H12F3NO2/c1-17-10-3-2-8(7-15-10)6-9(16)4-5-11(12,13)14/h2-3,7H,4-6H2,1H3. The van der Waals surface area contributed by atoms with Crippen LogP contribution in [0.15, 0.2) is 18.3 Å². The highest BCUT2D eigenvalue weighted by Crippen LogP contribution is 2.21. The van der Waals surface area contributed by atoms with Gasteiger partial charge in [-0.05, 0) is 5.56 Å². The van der Waals surface area contributed by atoms with Crippen molar-refractivity contribution in [1.29, 1.82) is 0 Å². The topological polar surface area (TPSA) is 39.2 Å². The van der Waals surface area contributed by atoms with Crippen molar-refractivity contribution in [1.82, 2.24) is 4.98 Å². The van der Waals surface area contributed by atoms with Crippen molar-refractivity contribution < 1.29 is 22.7 Å². The zero-order valence-electron chi connectivity index (χ0n) is 9.25. The molecule has 0 saturated heterocycles. The molecule has 1 rings (SSSR count). The Hall–Kier alpha value is -1.59. The summed E-state index contributed by atoms with van der Waals surface area (Å²) in [5, 5.41) is 0. The molecule has 94 valence electrons. The number of alkyl halides is 3. The number of nitrogens with zero attached hydrogens (tertiary/aromatic N) is 1. The summed E-state index contributed by atoms with van der Waals surface area (Å²) < 4.78 is 40.4. The number of ketones is 1. The van der Waals surface area contributed by atoms with Gasteiger partial charge in [0.1, 0.15) is 5.78 Å². The van der Waals surface area contributed by atoms with Gasteiger partial charge in [0.15, 0.2) is 0 Å². The summed E-state index contributed by atoms with van der Waals surface area (Å²) in [6.07, 6.45) is -4.46. The zero-order valence-corrected chi connectivity index (χ0v) is 9.25. The molecular weight excluding hydrogens is 235 g/mol. The van der Waals surface area contributed by atoms with Crippen molar-refractivity contribution in [3.8, 4) is 5.88 Å². The van der Waals surface area contributed by atoms with E-state index in [0.29, 0.717) is 11.4 Å². The van der Waals surface area contributed by atoms with Crippen molar-refractivity contribution in [3.63, 3.8) is 0 Å². The summed E-state index contributed by atoms with van der Waals surface area (Å²) in [6.45, 7) is 0. The molecule has 0 bridgehead atoms. The third-order valence-corrected chi connectivity index (χ3v) is 2.10. The van der Waals surface area contributed by atoms with Gasteiger partial charge >= 0.3 is 6.18 Å². The van der Waals surface area contributed by atoms with Crippen LogP contribution in [-0.4, -0.2) is 24.1 Å². The highest BCUT2D eigenvalue weighted by Gasteiger charge is 2.27. The van der Waals surface area contributed by atoms with Crippen molar-refractivity contribution in [3.05, 3.63) is 23.9 Å². The summed E-state index contributed by atoms with van der Waals surface area (Å²) in [5.74, 6) is -0.0502. The second kappa shape index (κ2) is 5.65. The molecule has 17 heavy (non-hydrogen) atoms.